The standard InChI is InChI=1S/C19H24N.C14H19NO3S/c1-5-6-13-20-14(2)19(3,4)18-16-10-8-7-9-15(16)11-12-17(18)20;1-11-14(2,3)12-7-4-5-8-13(12)15(11)9-6-10-19(16,17)18/h7-12H,5-6,13H2,1-4H3;4-5,7-8H,6,9-10H2,1-3H3/q+1;. The Morgan fingerprint density at radius 2 is 1.33 bits per heavy atom. The zero-order chi connectivity index (χ0) is 28.6. The molecule has 0 aromatic heterocycles. The van der Waals surface area contributed by atoms with E-state index in [2.05, 4.69) is 100 Å². The summed E-state index contributed by atoms with van der Waals surface area (Å²) in [7, 11) is -4.13. The summed E-state index contributed by atoms with van der Waals surface area (Å²) < 4.78 is 36.7. The summed E-state index contributed by atoms with van der Waals surface area (Å²) in [6.45, 7) is 17.4. The average Bonchev–Trinajstić information content (AvgIpc) is 3.21. The highest BCUT2D eigenvalue weighted by molar-refractivity contribution is 7.85. The van der Waals surface area contributed by atoms with Crippen LogP contribution in [0.5, 0.6) is 0 Å². The molecule has 6 heteroatoms. The van der Waals surface area contributed by atoms with Crippen molar-refractivity contribution < 1.29 is 22.1 Å². The Morgan fingerprint density at radius 3 is 2.03 bits per heavy atom. The van der Waals surface area contributed by atoms with Crippen molar-refractivity contribution in [1.82, 2.24) is 0 Å². The van der Waals surface area contributed by atoms with Crippen LogP contribution in [-0.4, -0.2) is 52.4 Å². The SMILES string of the molecule is CC1=[N+](CCCS(=O)(=O)[O-])c2ccccc2C1(C)C.CCCC[N+]1=C(C)C(C)(C)c2c1ccc1ccccc21. The summed E-state index contributed by atoms with van der Waals surface area (Å²) in [6.07, 6.45) is 2.85. The van der Waals surface area contributed by atoms with Crippen LogP contribution in [-0.2, 0) is 20.9 Å². The maximum absolute atomic E-state index is 10.7. The van der Waals surface area contributed by atoms with Crippen LogP contribution in [0.15, 0.2) is 60.7 Å². The first kappa shape index (κ1) is 29.2. The lowest BCUT2D eigenvalue weighted by molar-refractivity contribution is -0.439. The maximum Gasteiger partial charge on any atom is 0.210 e. The molecule has 5 nitrogen and oxygen atoms in total. The van der Waals surface area contributed by atoms with E-state index in [-0.39, 0.29) is 16.6 Å². The number of nitrogens with zero attached hydrogens (tertiary/aromatic N) is 2. The van der Waals surface area contributed by atoms with Crippen LogP contribution in [0.3, 0.4) is 0 Å². The van der Waals surface area contributed by atoms with E-state index in [1.54, 1.807) is 0 Å². The van der Waals surface area contributed by atoms with Gasteiger partial charge in [-0.15, -0.1) is 0 Å². The number of hydrogen-bond donors (Lipinski definition) is 0. The number of rotatable bonds is 7. The number of unbranched alkanes of at least 4 members (excludes halogenated alkanes) is 1. The second-order valence-corrected chi connectivity index (χ2v) is 13.4. The van der Waals surface area contributed by atoms with E-state index in [9.17, 15) is 13.0 Å². The van der Waals surface area contributed by atoms with E-state index < -0.39 is 10.1 Å². The molecule has 0 spiro atoms. The van der Waals surface area contributed by atoms with E-state index in [4.69, 9.17) is 0 Å². The Morgan fingerprint density at radius 1 is 0.744 bits per heavy atom. The smallest absolute Gasteiger partial charge is 0.210 e. The van der Waals surface area contributed by atoms with Gasteiger partial charge in [0.25, 0.3) is 0 Å². The molecule has 0 saturated heterocycles. The Balaban J connectivity index is 0.000000181. The van der Waals surface area contributed by atoms with Gasteiger partial charge in [0.05, 0.1) is 20.9 Å². The molecule has 0 unspecified atom stereocenters. The minimum absolute atomic E-state index is 0.0487. The lowest BCUT2D eigenvalue weighted by atomic mass is 9.80. The first-order valence-electron chi connectivity index (χ1n) is 14.1. The Bertz CT molecular complexity index is 1560. The van der Waals surface area contributed by atoms with Crippen LogP contribution < -0.4 is 0 Å². The van der Waals surface area contributed by atoms with Gasteiger partial charge in [-0.2, -0.15) is 9.15 Å². The molecule has 0 radical (unpaired) electrons. The van der Waals surface area contributed by atoms with Gasteiger partial charge in [-0.25, -0.2) is 8.42 Å². The summed E-state index contributed by atoms with van der Waals surface area (Å²) in [5.74, 6) is -0.306. The summed E-state index contributed by atoms with van der Waals surface area (Å²) in [4.78, 5) is 0. The van der Waals surface area contributed by atoms with Gasteiger partial charge in [0.15, 0.2) is 11.4 Å². The molecule has 0 saturated carbocycles. The van der Waals surface area contributed by atoms with E-state index in [0.717, 1.165) is 12.2 Å². The lowest BCUT2D eigenvalue weighted by Gasteiger charge is -2.17. The third kappa shape index (κ3) is 5.59. The van der Waals surface area contributed by atoms with Gasteiger partial charge in [0.2, 0.25) is 11.4 Å². The van der Waals surface area contributed by atoms with Crippen molar-refractivity contribution in [3.8, 4) is 0 Å². The zero-order valence-corrected chi connectivity index (χ0v) is 25.4. The summed E-state index contributed by atoms with van der Waals surface area (Å²) in [5, 5.41) is 2.76. The molecule has 2 aliphatic heterocycles. The van der Waals surface area contributed by atoms with Crippen molar-refractivity contribution in [2.45, 2.75) is 78.6 Å². The second kappa shape index (κ2) is 11.0. The van der Waals surface area contributed by atoms with Crippen LogP contribution in [0.1, 0.15) is 78.9 Å². The van der Waals surface area contributed by atoms with E-state index >= 15 is 0 Å². The molecule has 2 heterocycles. The molecule has 2 aliphatic rings. The van der Waals surface area contributed by atoms with Gasteiger partial charge in [0, 0.05) is 55.7 Å². The fourth-order valence-electron chi connectivity index (χ4n) is 6.08. The Kier molecular flexibility index (Phi) is 8.21. The normalized spacial score (nSPS) is 17.2. The molecule has 208 valence electrons. The van der Waals surface area contributed by atoms with Crippen molar-refractivity contribution in [3.63, 3.8) is 0 Å². The molecule has 0 fully saturated rings. The highest BCUT2D eigenvalue weighted by Gasteiger charge is 2.44. The zero-order valence-electron chi connectivity index (χ0n) is 24.5. The third-order valence-corrected chi connectivity index (χ3v) is 9.61. The Labute approximate surface area is 234 Å². The topological polar surface area (TPSA) is 63.2 Å². The average molecular weight is 548 g/mol. The molecule has 5 rings (SSSR count). The lowest BCUT2D eigenvalue weighted by Crippen LogP contribution is -2.27. The van der Waals surface area contributed by atoms with Gasteiger partial charge in [0.1, 0.15) is 13.1 Å². The number of para-hydroxylation sites is 1. The molecule has 0 bridgehead atoms. The molecule has 0 N–H and O–H groups in total. The largest absolute Gasteiger partial charge is 0.748 e. The van der Waals surface area contributed by atoms with Gasteiger partial charge >= 0.3 is 0 Å². The molecule has 0 atom stereocenters. The van der Waals surface area contributed by atoms with E-state index in [1.165, 1.54) is 51.9 Å². The van der Waals surface area contributed by atoms with Gasteiger partial charge in [-0.1, -0.05) is 55.8 Å². The van der Waals surface area contributed by atoms with Crippen molar-refractivity contribution in [2.24, 2.45) is 0 Å². The van der Waals surface area contributed by atoms with Gasteiger partial charge in [-0.3, -0.25) is 0 Å². The quantitative estimate of drug-likeness (QED) is 0.235. The molecule has 39 heavy (non-hydrogen) atoms. The van der Waals surface area contributed by atoms with E-state index in [1.807, 2.05) is 18.2 Å². The molecular formula is C33H43N2O3S+. The number of hydrogen-bond acceptors (Lipinski definition) is 3. The molecule has 0 aliphatic carbocycles. The Hall–Kier alpha value is -2.83. The van der Waals surface area contributed by atoms with Crippen LogP contribution in [0.2, 0.25) is 0 Å². The van der Waals surface area contributed by atoms with Crippen molar-refractivity contribution in [1.29, 1.82) is 0 Å². The molecule has 0 amide bonds. The highest BCUT2D eigenvalue weighted by atomic mass is 32.2. The number of benzene rings is 3. The van der Waals surface area contributed by atoms with Crippen molar-refractivity contribution in [3.05, 3.63) is 71.8 Å². The third-order valence-electron chi connectivity index (χ3n) is 8.82. The monoisotopic (exact) mass is 547 g/mol. The summed E-state index contributed by atoms with van der Waals surface area (Å²) in [6, 6.07) is 21.5. The first-order valence-corrected chi connectivity index (χ1v) is 15.7. The van der Waals surface area contributed by atoms with Gasteiger partial charge in [-0.05, 0) is 44.5 Å². The second-order valence-electron chi connectivity index (χ2n) is 11.9. The van der Waals surface area contributed by atoms with Crippen molar-refractivity contribution >= 4 is 43.7 Å². The fraction of sp³-hybridized carbons (Fsp3) is 0.455. The van der Waals surface area contributed by atoms with E-state index in [0.29, 0.717) is 13.0 Å². The van der Waals surface area contributed by atoms with Gasteiger partial charge < -0.3 is 4.55 Å². The minimum Gasteiger partial charge on any atom is -0.748 e. The van der Waals surface area contributed by atoms with Crippen molar-refractivity contribution in [2.75, 3.05) is 18.8 Å². The summed E-state index contributed by atoms with van der Waals surface area (Å²) >= 11 is 0. The molecular weight excluding hydrogens is 504 g/mol. The predicted octanol–water partition coefficient (Wildman–Crippen LogP) is 7.05. The van der Waals surface area contributed by atoms with Crippen LogP contribution in [0.4, 0.5) is 11.4 Å². The highest BCUT2D eigenvalue weighted by Crippen LogP contribution is 2.44. The maximum atomic E-state index is 10.7. The van der Waals surface area contributed by atoms with Crippen LogP contribution in [0, 0.1) is 0 Å². The first-order chi connectivity index (χ1) is 18.3. The summed E-state index contributed by atoms with van der Waals surface area (Å²) in [5.41, 5.74) is 8.04. The predicted molar refractivity (Wildman–Crippen MR) is 161 cm³/mol. The molecule has 3 aromatic rings. The van der Waals surface area contributed by atoms with Crippen LogP contribution >= 0.6 is 0 Å². The van der Waals surface area contributed by atoms with Crippen LogP contribution in [0.25, 0.3) is 10.8 Å². The minimum atomic E-state index is -4.13. The number of fused-ring (bicyclic) bond motifs is 4. The fourth-order valence-corrected chi connectivity index (χ4v) is 6.57. The molecule has 3 aromatic carbocycles.